The number of hydrogen-bond acceptors (Lipinski definition) is 4. The Bertz CT molecular complexity index is 416. The molecule has 0 heterocycles. The Labute approximate surface area is 91.5 Å². The maximum atomic E-state index is 11.0. The lowest BCUT2D eigenvalue weighted by molar-refractivity contribution is 0.0693. The van der Waals surface area contributed by atoms with Gasteiger partial charge in [0.1, 0.15) is 11.3 Å². The van der Waals surface area contributed by atoms with Gasteiger partial charge in [0.25, 0.3) is 0 Å². The van der Waals surface area contributed by atoms with E-state index in [4.69, 9.17) is 5.11 Å². The monoisotopic (exact) mass is 225 g/mol. The summed E-state index contributed by atoms with van der Waals surface area (Å²) in [4.78, 5) is 21.7. The summed E-state index contributed by atoms with van der Waals surface area (Å²) in [6.45, 7) is 1.87. The van der Waals surface area contributed by atoms with Crippen LogP contribution in [0.1, 0.15) is 17.3 Å². The quantitative estimate of drug-likeness (QED) is 0.680. The van der Waals surface area contributed by atoms with Gasteiger partial charge >= 0.3 is 12.1 Å². The molecule has 0 spiro atoms. The number of ether oxygens (including phenoxy) is 1. The van der Waals surface area contributed by atoms with Gasteiger partial charge in [0.2, 0.25) is 0 Å². The number of amides is 1. The number of carbonyl (C=O) groups is 2. The first-order chi connectivity index (χ1) is 7.54. The molecule has 0 atom stereocenters. The second kappa shape index (κ2) is 5.01. The molecule has 0 aromatic heterocycles. The molecule has 1 amide bonds. The summed E-state index contributed by atoms with van der Waals surface area (Å²) >= 11 is 0. The van der Waals surface area contributed by atoms with Crippen LogP contribution in [0.5, 0.6) is 5.75 Å². The molecule has 0 saturated carbocycles. The molecule has 6 nitrogen and oxygen atoms in total. The molecule has 0 aliphatic carbocycles. The minimum atomic E-state index is -1.27. The molecule has 0 aliphatic rings. The van der Waals surface area contributed by atoms with E-state index in [-0.39, 0.29) is 23.6 Å². The molecule has 0 aliphatic heterocycles. The smallest absolute Gasteiger partial charge is 0.411 e. The van der Waals surface area contributed by atoms with Crippen LogP contribution in [0.25, 0.3) is 0 Å². The lowest BCUT2D eigenvalue weighted by atomic mass is 10.2. The molecule has 0 radical (unpaired) electrons. The van der Waals surface area contributed by atoms with Crippen molar-refractivity contribution in [1.29, 1.82) is 0 Å². The second-order valence-electron chi connectivity index (χ2n) is 2.88. The predicted octanol–water partition coefficient (Wildman–Crippen LogP) is 1.66. The van der Waals surface area contributed by atoms with Crippen molar-refractivity contribution < 1.29 is 24.5 Å². The molecule has 0 saturated heterocycles. The van der Waals surface area contributed by atoms with E-state index in [9.17, 15) is 14.7 Å². The first kappa shape index (κ1) is 11.8. The maximum Gasteiger partial charge on any atom is 0.411 e. The Morgan fingerprint density at radius 3 is 2.69 bits per heavy atom. The highest BCUT2D eigenvalue weighted by Crippen LogP contribution is 2.21. The number of hydrogen-bond donors (Lipinski definition) is 3. The Morgan fingerprint density at radius 1 is 1.44 bits per heavy atom. The van der Waals surface area contributed by atoms with Crippen LogP contribution in [0.2, 0.25) is 0 Å². The molecule has 16 heavy (non-hydrogen) atoms. The number of phenols is 1. The van der Waals surface area contributed by atoms with Crippen LogP contribution < -0.4 is 5.32 Å². The van der Waals surface area contributed by atoms with E-state index < -0.39 is 12.1 Å². The number of carboxylic acid groups (broad SMARTS) is 1. The van der Waals surface area contributed by atoms with Gasteiger partial charge in [-0.25, -0.2) is 9.59 Å². The molecule has 86 valence electrons. The topological polar surface area (TPSA) is 95.9 Å². The van der Waals surface area contributed by atoms with E-state index in [0.717, 1.165) is 6.07 Å². The third-order valence-corrected chi connectivity index (χ3v) is 1.75. The van der Waals surface area contributed by atoms with Crippen LogP contribution in [0.4, 0.5) is 10.5 Å². The van der Waals surface area contributed by atoms with Crippen molar-refractivity contribution in [3.8, 4) is 5.75 Å². The van der Waals surface area contributed by atoms with E-state index in [1.807, 2.05) is 0 Å². The van der Waals surface area contributed by atoms with Gasteiger partial charge in [-0.05, 0) is 25.1 Å². The number of nitrogens with one attached hydrogen (secondary N) is 1. The van der Waals surface area contributed by atoms with Crippen LogP contribution in [0, 0.1) is 0 Å². The lowest BCUT2D eigenvalue weighted by Gasteiger charge is -2.06. The lowest BCUT2D eigenvalue weighted by Crippen LogP contribution is -2.13. The number of aromatic hydroxyl groups is 1. The molecule has 1 aromatic rings. The molecule has 6 heteroatoms. The van der Waals surface area contributed by atoms with E-state index in [1.165, 1.54) is 12.1 Å². The summed E-state index contributed by atoms with van der Waals surface area (Å²) in [5.74, 6) is -1.63. The van der Waals surface area contributed by atoms with Crippen LogP contribution in [0.15, 0.2) is 18.2 Å². The molecule has 0 fully saturated rings. The minimum Gasteiger partial charge on any atom is -0.507 e. The highest BCUT2D eigenvalue weighted by atomic mass is 16.5. The minimum absolute atomic E-state index is 0.218. The second-order valence-corrected chi connectivity index (χ2v) is 2.88. The molecule has 3 N–H and O–H groups in total. The van der Waals surface area contributed by atoms with Crippen molar-refractivity contribution in [2.24, 2.45) is 0 Å². The van der Waals surface area contributed by atoms with Crippen molar-refractivity contribution >= 4 is 17.7 Å². The fourth-order valence-electron chi connectivity index (χ4n) is 1.07. The normalized spacial score (nSPS) is 9.56. The SMILES string of the molecule is CCOC(=O)Nc1ccc(O)c(C(=O)O)c1. The van der Waals surface area contributed by atoms with Gasteiger partial charge in [-0.2, -0.15) is 0 Å². The summed E-state index contributed by atoms with van der Waals surface area (Å²) in [5.41, 5.74) is -0.0389. The van der Waals surface area contributed by atoms with Gasteiger partial charge in [0.05, 0.1) is 6.61 Å². The molecule has 0 unspecified atom stereocenters. The Morgan fingerprint density at radius 2 is 2.12 bits per heavy atom. The number of carboxylic acids is 1. The number of aromatic carboxylic acids is 1. The third kappa shape index (κ3) is 2.88. The zero-order chi connectivity index (χ0) is 12.1. The van der Waals surface area contributed by atoms with Crippen molar-refractivity contribution in [2.75, 3.05) is 11.9 Å². The molecule has 1 rings (SSSR count). The van der Waals surface area contributed by atoms with Gasteiger partial charge in [-0.1, -0.05) is 0 Å². The van der Waals surface area contributed by atoms with E-state index >= 15 is 0 Å². The molecular formula is C10H11NO5. The predicted molar refractivity (Wildman–Crippen MR) is 55.7 cm³/mol. The summed E-state index contributed by atoms with van der Waals surface area (Å²) in [7, 11) is 0. The van der Waals surface area contributed by atoms with E-state index in [1.54, 1.807) is 6.92 Å². The number of carbonyl (C=O) groups excluding carboxylic acids is 1. The fourth-order valence-corrected chi connectivity index (χ4v) is 1.07. The Hall–Kier alpha value is -2.24. The fraction of sp³-hybridized carbons (Fsp3) is 0.200. The Balaban J connectivity index is 2.87. The summed E-state index contributed by atoms with van der Waals surface area (Å²) in [5, 5.41) is 20.3. The third-order valence-electron chi connectivity index (χ3n) is 1.75. The summed E-state index contributed by atoms with van der Waals surface area (Å²) in [6.07, 6.45) is -0.676. The summed E-state index contributed by atoms with van der Waals surface area (Å²) < 4.78 is 4.62. The van der Waals surface area contributed by atoms with Gasteiger partial charge in [-0.15, -0.1) is 0 Å². The van der Waals surface area contributed by atoms with E-state index in [0.29, 0.717) is 0 Å². The average Bonchev–Trinajstić information content (AvgIpc) is 2.21. The largest absolute Gasteiger partial charge is 0.507 e. The molecule has 1 aromatic carbocycles. The van der Waals surface area contributed by atoms with Crippen molar-refractivity contribution in [3.05, 3.63) is 23.8 Å². The van der Waals surface area contributed by atoms with Crippen LogP contribution >= 0.6 is 0 Å². The van der Waals surface area contributed by atoms with Crippen molar-refractivity contribution in [3.63, 3.8) is 0 Å². The highest BCUT2D eigenvalue weighted by molar-refractivity contribution is 5.93. The first-order valence-electron chi connectivity index (χ1n) is 4.54. The average molecular weight is 225 g/mol. The van der Waals surface area contributed by atoms with Crippen molar-refractivity contribution in [1.82, 2.24) is 0 Å². The van der Waals surface area contributed by atoms with Crippen LogP contribution in [-0.2, 0) is 4.74 Å². The molecule has 0 bridgehead atoms. The van der Waals surface area contributed by atoms with Crippen LogP contribution in [-0.4, -0.2) is 28.9 Å². The zero-order valence-electron chi connectivity index (χ0n) is 8.56. The van der Waals surface area contributed by atoms with Gasteiger partial charge < -0.3 is 14.9 Å². The van der Waals surface area contributed by atoms with Gasteiger partial charge in [-0.3, -0.25) is 5.32 Å². The molecular weight excluding hydrogens is 214 g/mol. The van der Waals surface area contributed by atoms with E-state index in [2.05, 4.69) is 10.1 Å². The number of rotatable bonds is 3. The Kier molecular flexibility index (Phi) is 3.71. The van der Waals surface area contributed by atoms with Crippen molar-refractivity contribution in [2.45, 2.75) is 6.92 Å². The maximum absolute atomic E-state index is 11.0. The standard InChI is InChI=1S/C10H11NO5/c1-2-16-10(15)11-6-3-4-8(12)7(5-6)9(13)14/h3-5,12H,2H2,1H3,(H,11,15)(H,13,14). The summed E-state index contributed by atoms with van der Waals surface area (Å²) in [6, 6.07) is 3.71. The highest BCUT2D eigenvalue weighted by Gasteiger charge is 2.11. The first-order valence-corrected chi connectivity index (χ1v) is 4.54. The van der Waals surface area contributed by atoms with Gasteiger partial charge in [0.15, 0.2) is 0 Å². The number of benzene rings is 1. The number of anilines is 1. The van der Waals surface area contributed by atoms with Gasteiger partial charge in [0, 0.05) is 5.69 Å². The zero-order valence-corrected chi connectivity index (χ0v) is 8.56. The van der Waals surface area contributed by atoms with Crippen LogP contribution in [0.3, 0.4) is 0 Å².